The third-order valence-electron chi connectivity index (χ3n) is 5.70. The van der Waals surface area contributed by atoms with Crippen molar-refractivity contribution in [3.8, 4) is 0 Å². The zero-order valence-electron chi connectivity index (χ0n) is 15.5. The lowest BCUT2D eigenvalue weighted by atomic mass is 9.94. The van der Waals surface area contributed by atoms with Crippen molar-refractivity contribution in [2.75, 3.05) is 52.4 Å². The first-order valence-electron chi connectivity index (χ1n) is 9.82. The van der Waals surface area contributed by atoms with Crippen molar-refractivity contribution in [1.82, 2.24) is 19.7 Å². The van der Waals surface area contributed by atoms with Crippen molar-refractivity contribution in [1.29, 1.82) is 0 Å². The van der Waals surface area contributed by atoms with Crippen molar-refractivity contribution >= 4 is 0 Å². The number of piperazine rings is 1. The van der Waals surface area contributed by atoms with Crippen LogP contribution in [0.1, 0.15) is 44.7 Å². The van der Waals surface area contributed by atoms with E-state index in [4.69, 9.17) is 0 Å². The Balaban J connectivity index is 1.36. The molecule has 0 N–H and O–H groups in total. The molecule has 134 valence electrons. The van der Waals surface area contributed by atoms with E-state index in [9.17, 15) is 0 Å². The topological polar surface area (TPSA) is 22.6 Å². The molecule has 4 nitrogen and oxygen atoms in total. The third-order valence-corrected chi connectivity index (χ3v) is 5.70. The van der Waals surface area contributed by atoms with Gasteiger partial charge < -0.3 is 9.80 Å². The molecule has 2 fully saturated rings. The van der Waals surface area contributed by atoms with Crippen LogP contribution in [-0.4, -0.2) is 78.1 Å². The van der Waals surface area contributed by atoms with Crippen molar-refractivity contribution < 1.29 is 0 Å². The summed E-state index contributed by atoms with van der Waals surface area (Å²) in [6.45, 7) is 14.6. The average Bonchev–Trinajstić information content (AvgIpc) is 2.63. The number of hydrogen-bond donors (Lipinski definition) is 0. The van der Waals surface area contributed by atoms with Gasteiger partial charge in [-0.05, 0) is 64.9 Å². The highest BCUT2D eigenvalue weighted by atomic mass is 15.3. The SMILES string of the molecule is CC(C)N1CCN(CCCN2CCC[C@@H](c3ccccn3)C2)CC1. The molecule has 4 heteroatoms. The van der Waals surface area contributed by atoms with Gasteiger partial charge in [-0.25, -0.2) is 0 Å². The van der Waals surface area contributed by atoms with Gasteiger partial charge in [0.1, 0.15) is 0 Å². The molecule has 0 radical (unpaired) electrons. The zero-order chi connectivity index (χ0) is 16.8. The first kappa shape index (κ1) is 17.8. The highest BCUT2D eigenvalue weighted by Crippen LogP contribution is 2.25. The van der Waals surface area contributed by atoms with Gasteiger partial charge in [-0.3, -0.25) is 9.88 Å². The maximum absolute atomic E-state index is 4.57. The Labute approximate surface area is 147 Å². The number of pyridine rings is 1. The molecule has 0 unspecified atom stereocenters. The summed E-state index contributed by atoms with van der Waals surface area (Å²) in [5.74, 6) is 0.634. The predicted molar refractivity (Wildman–Crippen MR) is 100 cm³/mol. The van der Waals surface area contributed by atoms with E-state index in [1.165, 1.54) is 77.3 Å². The van der Waals surface area contributed by atoms with Crippen LogP contribution < -0.4 is 0 Å². The molecule has 0 spiro atoms. The lowest BCUT2D eigenvalue weighted by Gasteiger charge is -2.37. The van der Waals surface area contributed by atoms with E-state index in [1.54, 1.807) is 0 Å². The largest absolute Gasteiger partial charge is 0.303 e. The molecule has 0 aliphatic carbocycles. The molecule has 2 saturated heterocycles. The quantitative estimate of drug-likeness (QED) is 0.800. The van der Waals surface area contributed by atoms with E-state index in [0.717, 1.165) is 0 Å². The van der Waals surface area contributed by atoms with Crippen molar-refractivity contribution in [2.24, 2.45) is 0 Å². The minimum atomic E-state index is 0.634. The summed E-state index contributed by atoms with van der Waals surface area (Å²) in [4.78, 5) is 12.5. The summed E-state index contributed by atoms with van der Waals surface area (Å²) >= 11 is 0. The van der Waals surface area contributed by atoms with Crippen molar-refractivity contribution in [3.05, 3.63) is 30.1 Å². The minimum absolute atomic E-state index is 0.634. The first-order chi connectivity index (χ1) is 11.7. The molecule has 3 rings (SSSR count). The van der Waals surface area contributed by atoms with E-state index >= 15 is 0 Å². The lowest BCUT2D eigenvalue weighted by Crippen LogP contribution is -2.49. The molecule has 2 aliphatic heterocycles. The molecular formula is C20H34N4. The van der Waals surface area contributed by atoms with Gasteiger partial charge in [0.15, 0.2) is 0 Å². The maximum atomic E-state index is 4.57. The molecule has 24 heavy (non-hydrogen) atoms. The van der Waals surface area contributed by atoms with Gasteiger partial charge in [0.25, 0.3) is 0 Å². The van der Waals surface area contributed by atoms with Crippen LogP contribution in [0.4, 0.5) is 0 Å². The van der Waals surface area contributed by atoms with E-state index in [1.807, 2.05) is 12.3 Å². The Morgan fingerprint density at radius 2 is 1.83 bits per heavy atom. The summed E-state index contributed by atoms with van der Waals surface area (Å²) < 4.78 is 0. The lowest BCUT2D eigenvalue weighted by molar-refractivity contribution is 0.103. The number of hydrogen-bond acceptors (Lipinski definition) is 4. The Morgan fingerprint density at radius 1 is 1.04 bits per heavy atom. The number of nitrogens with zero attached hydrogens (tertiary/aromatic N) is 4. The standard InChI is InChI=1S/C20H34N4/c1-18(2)24-15-13-22(14-16-24)11-6-12-23-10-5-7-19(17-23)20-8-3-4-9-21-20/h3-4,8-9,18-19H,5-7,10-17H2,1-2H3/t19-/m1/s1. The molecule has 0 bridgehead atoms. The Kier molecular flexibility index (Phi) is 6.64. The van der Waals surface area contributed by atoms with E-state index in [-0.39, 0.29) is 0 Å². The maximum Gasteiger partial charge on any atom is 0.0447 e. The fraction of sp³-hybridized carbons (Fsp3) is 0.750. The number of piperidine rings is 1. The van der Waals surface area contributed by atoms with Crippen LogP contribution >= 0.6 is 0 Å². The summed E-state index contributed by atoms with van der Waals surface area (Å²) in [7, 11) is 0. The summed E-state index contributed by atoms with van der Waals surface area (Å²) in [5.41, 5.74) is 1.28. The molecule has 1 aromatic heterocycles. The summed E-state index contributed by atoms with van der Waals surface area (Å²) in [5, 5.41) is 0. The molecular weight excluding hydrogens is 296 g/mol. The van der Waals surface area contributed by atoms with Crippen LogP contribution in [0.5, 0.6) is 0 Å². The van der Waals surface area contributed by atoms with Crippen LogP contribution in [0, 0.1) is 0 Å². The van der Waals surface area contributed by atoms with E-state index < -0.39 is 0 Å². The number of rotatable bonds is 6. The highest BCUT2D eigenvalue weighted by Gasteiger charge is 2.22. The van der Waals surface area contributed by atoms with E-state index in [2.05, 4.69) is 45.7 Å². The van der Waals surface area contributed by atoms with Gasteiger partial charge in [-0.1, -0.05) is 6.07 Å². The minimum Gasteiger partial charge on any atom is -0.303 e. The zero-order valence-corrected chi connectivity index (χ0v) is 15.5. The number of aromatic nitrogens is 1. The first-order valence-corrected chi connectivity index (χ1v) is 9.82. The molecule has 0 amide bonds. The van der Waals surface area contributed by atoms with Gasteiger partial charge in [0.05, 0.1) is 0 Å². The average molecular weight is 331 g/mol. The third kappa shape index (κ3) is 5.01. The van der Waals surface area contributed by atoms with Crippen LogP contribution in [0.25, 0.3) is 0 Å². The second-order valence-corrected chi connectivity index (χ2v) is 7.72. The van der Waals surface area contributed by atoms with Gasteiger partial charge in [-0.15, -0.1) is 0 Å². The van der Waals surface area contributed by atoms with Crippen LogP contribution in [0.3, 0.4) is 0 Å². The van der Waals surface area contributed by atoms with Gasteiger partial charge in [0, 0.05) is 56.6 Å². The Bertz CT molecular complexity index is 468. The molecule has 0 saturated carbocycles. The fourth-order valence-electron chi connectivity index (χ4n) is 4.14. The fourth-order valence-corrected chi connectivity index (χ4v) is 4.14. The smallest absolute Gasteiger partial charge is 0.0447 e. The molecule has 0 aromatic carbocycles. The van der Waals surface area contributed by atoms with Gasteiger partial charge in [-0.2, -0.15) is 0 Å². The predicted octanol–water partition coefficient (Wildman–Crippen LogP) is 2.68. The molecule has 1 atom stereocenters. The van der Waals surface area contributed by atoms with Crippen molar-refractivity contribution in [3.63, 3.8) is 0 Å². The summed E-state index contributed by atoms with van der Waals surface area (Å²) in [6.07, 6.45) is 5.85. The second-order valence-electron chi connectivity index (χ2n) is 7.72. The van der Waals surface area contributed by atoms with Crippen LogP contribution in [-0.2, 0) is 0 Å². The Hall–Kier alpha value is -0.970. The summed E-state index contributed by atoms with van der Waals surface area (Å²) in [6, 6.07) is 7.04. The van der Waals surface area contributed by atoms with Gasteiger partial charge >= 0.3 is 0 Å². The van der Waals surface area contributed by atoms with Crippen LogP contribution in [0.15, 0.2) is 24.4 Å². The second kappa shape index (κ2) is 8.93. The number of likely N-dealkylation sites (tertiary alicyclic amines) is 1. The molecule has 1 aromatic rings. The highest BCUT2D eigenvalue weighted by molar-refractivity contribution is 5.10. The van der Waals surface area contributed by atoms with Gasteiger partial charge in [0.2, 0.25) is 0 Å². The monoisotopic (exact) mass is 330 g/mol. The Morgan fingerprint density at radius 3 is 2.54 bits per heavy atom. The van der Waals surface area contributed by atoms with Crippen molar-refractivity contribution in [2.45, 2.75) is 45.1 Å². The normalized spacial score (nSPS) is 24.5. The van der Waals surface area contributed by atoms with Crippen LogP contribution in [0.2, 0.25) is 0 Å². The molecule has 2 aliphatic rings. The van der Waals surface area contributed by atoms with E-state index in [0.29, 0.717) is 12.0 Å². The molecule has 3 heterocycles.